The number of esters is 6. The first-order chi connectivity index (χ1) is 31.1. The quantitative estimate of drug-likeness (QED) is 0.0349. The molecule has 0 aliphatic carbocycles. The second kappa shape index (κ2) is 41.2. The Balaban J connectivity index is 2.64. The fourth-order valence-corrected chi connectivity index (χ4v) is 7.62. The Morgan fingerprint density at radius 2 is 0.719 bits per heavy atom. The highest BCUT2D eigenvalue weighted by molar-refractivity contribution is 5.72. The number of unbranched alkanes of at least 4 members (excludes halogenated alkanes) is 20. The topological polar surface area (TPSA) is 170 Å². The summed E-state index contributed by atoms with van der Waals surface area (Å²) in [5, 5.41) is 3.24. The summed E-state index contributed by atoms with van der Waals surface area (Å²) in [7, 11) is 0. The molecule has 1 aliphatic heterocycles. The van der Waals surface area contributed by atoms with Crippen molar-refractivity contribution < 1.29 is 57.2 Å². The molecule has 0 aromatic carbocycles. The van der Waals surface area contributed by atoms with Crippen LogP contribution in [0.2, 0.25) is 0 Å². The van der Waals surface area contributed by atoms with E-state index in [-0.39, 0.29) is 75.8 Å². The molecule has 13 heteroatoms. The highest BCUT2D eigenvalue weighted by Crippen LogP contribution is 2.18. The van der Waals surface area contributed by atoms with Gasteiger partial charge < -0.3 is 33.7 Å². The summed E-state index contributed by atoms with van der Waals surface area (Å²) in [6.07, 6.45) is 26.2. The molecule has 1 aliphatic rings. The first-order valence-corrected chi connectivity index (χ1v) is 25.8. The molecular weight excluding hydrogens is 819 g/mol. The van der Waals surface area contributed by atoms with Gasteiger partial charge in [-0.15, -0.1) is 0 Å². The van der Waals surface area contributed by atoms with Gasteiger partial charge in [0.1, 0.15) is 12.7 Å². The normalized spacial score (nSPS) is 14.7. The zero-order valence-corrected chi connectivity index (χ0v) is 40.9. The molecular formula is C51H91NO12. The smallest absolute Gasteiger partial charge is 0.306 e. The van der Waals surface area contributed by atoms with E-state index in [9.17, 15) is 28.8 Å². The van der Waals surface area contributed by atoms with E-state index in [1.165, 1.54) is 25.7 Å². The molecule has 1 saturated heterocycles. The van der Waals surface area contributed by atoms with Gasteiger partial charge in [-0.3, -0.25) is 28.8 Å². The third kappa shape index (κ3) is 35.1. The van der Waals surface area contributed by atoms with Gasteiger partial charge in [0.2, 0.25) is 0 Å². The van der Waals surface area contributed by atoms with E-state index < -0.39 is 29.9 Å². The van der Waals surface area contributed by atoms with Crippen LogP contribution in [0.3, 0.4) is 0 Å². The van der Waals surface area contributed by atoms with Crippen LogP contribution in [0.25, 0.3) is 0 Å². The number of carbonyl (C=O) groups excluding carboxylic acids is 6. The fourth-order valence-electron chi connectivity index (χ4n) is 7.62. The lowest BCUT2D eigenvalue weighted by Gasteiger charge is -2.19. The molecule has 1 N–H and O–H groups in total. The van der Waals surface area contributed by atoms with Gasteiger partial charge in [0.25, 0.3) is 0 Å². The first-order valence-electron chi connectivity index (χ1n) is 25.8. The molecule has 0 aromatic heterocycles. The van der Waals surface area contributed by atoms with Crippen molar-refractivity contribution in [3.05, 3.63) is 0 Å². The van der Waals surface area contributed by atoms with Crippen molar-refractivity contribution in [2.45, 2.75) is 239 Å². The highest BCUT2D eigenvalue weighted by Gasteiger charge is 2.30. The lowest BCUT2D eigenvalue weighted by atomic mass is 10.1. The van der Waals surface area contributed by atoms with Gasteiger partial charge in [-0.2, -0.15) is 0 Å². The summed E-state index contributed by atoms with van der Waals surface area (Å²) >= 11 is 0. The molecule has 64 heavy (non-hydrogen) atoms. The minimum atomic E-state index is -0.544. The zero-order chi connectivity index (χ0) is 46.9. The van der Waals surface area contributed by atoms with Crippen LogP contribution in [-0.4, -0.2) is 87.5 Å². The Morgan fingerprint density at radius 1 is 0.406 bits per heavy atom. The fraction of sp³-hybridized carbons (Fsp3) is 0.882. The molecule has 0 unspecified atom stereocenters. The van der Waals surface area contributed by atoms with Crippen LogP contribution in [0.15, 0.2) is 0 Å². The lowest BCUT2D eigenvalue weighted by molar-refractivity contribution is -0.157. The van der Waals surface area contributed by atoms with Crippen LogP contribution >= 0.6 is 0 Å². The Bertz CT molecular complexity index is 1160. The molecule has 1 fully saturated rings. The van der Waals surface area contributed by atoms with Crippen LogP contribution in [0.4, 0.5) is 0 Å². The second-order valence-corrected chi connectivity index (χ2v) is 18.1. The number of hydrogen-bond acceptors (Lipinski definition) is 13. The summed E-state index contributed by atoms with van der Waals surface area (Å²) in [5.74, 6) is -3.41. The van der Waals surface area contributed by atoms with E-state index >= 15 is 0 Å². The largest absolute Gasteiger partial charge is 0.465 e. The van der Waals surface area contributed by atoms with Gasteiger partial charge in [-0.1, -0.05) is 156 Å². The summed E-state index contributed by atoms with van der Waals surface area (Å²) in [5.41, 5.74) is 0. The van der Waals surface area contributed by atoms with Gasteiger partial charge in [0.15, 0.2) is 0 Å². The molecule has 13 nitrogen and oxygen atoms in total. The molecule has 1 rings (SSSR count). The number of nitrogens with one attached hydrogen (secondary N) is 1. The molecule has 372 valence electrons. The van der Waals surface area contributed by atoms with E-state index in [0.29, 0.717) is 38.6 Å². The third-order valence-corrected chi connectivity index (χ3v) is 11.7. The van der Waals surface area contributed by atoms with Crippen molar-refractivity contribution in [1.29, 1.82) is 0 Å². The average Bonchev–Trinajstić information content (AvgIpc) is 3.73. The minimum absolute atomic E-state index is 0.0426. The van der Waals surface area contributed by atoms with Crippen molar-refractivity contribution in [1.82, 2.24) is 5.32 Å². The predicted octanol–water partition coefficient (Wildman–Crippen LogP) is 11.0. The van der Waals surface area contributed by atoms with Gasteiger partial charge in [-0.05, 0) is 25.7 Å². The molecule has 0 amide bonds. The Kier molecular flexibility index (Phi) is 37.9. The SMILES string of the molecule is CCCCCCCCC(=O)OCC(COC(=O)CCCCCCCC)CC(=O)OC[C@@H]1C[C@@H](OC(=O)CC(COC(=O)CCCCCCCC)COC(=O)CCCCCCCC)CN1. The maximum Gasteiger partial charge on any atom is 0.306 e. The van der Waals surface area contributed by atoms with Crippen LogP contribution in [0, 0.1) is 11.8 Å². The number of carbonyl (C=O) groups is 6. The van der Waals surface area contributed by atoms with Gasteiger partial charge in [-0.25, -0.2) is 0 Å². The van der Waals surface area contributed by atoms with Crippen LogP contribution in [0.5, 0.6) is 0 Å². The number of hydrogen-bond donors (Lipinski definition) is 1. The van der Waals surface area contributed by atoms with Crippen LogP contribution in [-0.2, 0) is 57.2 Å². The van der Waals surface area contributed by atoms with Crippen molar-refractivity contribution in [2.24, 2.45) is 11.8 Å². The Hall–Kier alpha value is -3.22. The highest BCUT2D eigenvalue weighted by atomic mass is 16.6. The van der Waals surface area contributed by atoms with Gasteiger partial charge in [0.05, 0.1) is 39.3 Å². The molecule has 2 atom stereocenters. The maximum atomic E-state index is 13.1. The van der Waals surface area contributed by atoms with Crippen LogP contribution in [0.1, 0.15) is 227 Å². The lowest BCUT2D eigenvalue weighted by Crippen LogP contribution is -2.30. The molecule has 0 radical (unpaired) electrons. The summed E-state index contributed by atoms with van der Waals surface area (Å²) < 4.78 is 33.5. The molecule has 1 heterocycles. The minimum Gasteiger partial charge on any atom is -0.465 e. The third-order valence-electron chi connectivity index (χ3n) is 11.7. The first kappa shape index (κ1) is 58.8. The summed E-state index contributed by atoms with van der Waals surface area (Å²) in [6, 6.07) is -0.257. The van der Waals surface area contributed by atoms with Crippen molar-refractivity contribution in [3.8, 4) is 0 Å². The Morgan fingerprint density at radius 3 is 1.06 bits per heavy atom. The Labute approximate surface area is 387 Å². The van der Waals surface area contributed by atoms with Crippen LogP contribution < -0.4 is 5.32 Å². The van der Waals surface area contributed by atoms with Crippen molar-refractivity contribution >= 4 is 35.8 Å². The monoisotopic (exact) mass is 910 g/mol. The number of rotatable bonds is 43. The molecule has 0 aromatic rings. The molecule has 0 spiro atoms. The average molecular weight is 910 g/mol. The van der Waals surface area contributed by atoms with E-state index in [2.05, 4.69) is 33.0 Å². The summed E-state index contributed by atoms with van der Waals surface area (Å²) in [6.45, 7) is 8.87. The van der Waals surface area contributed by atoms with E-state index in [1.54, 1.807) is 0 Å². The predicted molar refractivity (Wildman–Crippen MR) is 249 cm³/mol. The van der Waals surface area contributed by atoms with E-state index in [0.717, 1.165) is 128 Å². The summed E-state index contributed by atoms with van der Waals surface area (Å²) in [4.78, 5) is 76.2. The van der Waals surface area contributed by atoms with Gasteiger partial charge in [0, 0.05) is 56.5 Å². The van der Waals surface area contributed by atoms with E-state index in [1.807, 2.05) is 0 Å². The standard InChI is InChI=1S/C51H91NO12/c1-5-9-13-17-21-25-29-46(53)59-37-42(38-60-47(54)30-26-22-18-14-10-6-2)33-50(57)63-41-44-35-45(36-52-44)64-51(58)34-43(39-61-48(55)31-27-23-19-15-11-7-3)40-62-49(56)32-28-24-20-16-12-8-4/h42-45,52H,5-41H2,1-4H3/t44-,45+/m0/s1. The maximum absolute atomic E-state index is 13.1. The van der Waals surface area contributed by atoms with E-state index in [4.69, 9.17) is 28.4 Å². The van der Waals surface area contributed by atoms with Crippen molar-refractivity contribution in [2.75, 3.05) is 39.6 Å². The molecule has 0 bridgehead atoms. The zero-order valence-electron chi connectivity index (χ0n) is 40.9. The number of ether oxygens (including phenoxy) is 6. The molecule has 0 saturated carbocycles. The second-order valence-electron chi connectivity index (χ2n) is 18.1. The van der Waals surface area contributed by atoms with Gasteiger partial charge >= 0.3 is 35.8 Å². The van der Waals surface area contributed by atoms with Crippen molar-refractivity contribution in [3.63, 3.8) is 0 Å².